The van der Waals surface area contributed by atoms with Gasteiger partial charge in [-0.05, 0) is 12.5 Å². The van der Waals surface area contributed by atoms with E-state index < -0.39 is 0 Å². The second kappa shape index (κ2) is 6.55. The van der Waals surface area contributed by atoms with Crippen LogP contribution in [0.1, 0.15) is 13.8 Å². The van der Waals surface area contributed by atoms with Gasteiger partial charge in [-0.25, -0.2) is 4.39 Å². The number of methoxy groups -OCH3 is 1. The highest BCUT2D eigenvalue weighted by molar-refractivity contribution is 4.64. The molecule has 0 radical (unpaired) electrons. The Morgan fingerprint density at radius 2 is 2.09 bits per heavy atom. The smallest absolute Gasteiger partial charge is 0.107 e. The van der Waals surface area contributed by atoms with Gasteiger partial charge in [-0.3, -0.25) is 0 Å². The molecule has 1 N–H and O–H groups in total. The topological polar surface area (TPSA) is 21.3 Å². The van der Waals surface area contributed by atoms with Crippen molar-refractivity contribution >= 4 is 0 Å². The first-order valence-electron chi connectivity index (χ1n) is 3.99. The Morgan fingerprint density at radius 3 is 2.45 bits per heavy atom. The van der Waals surface area contributed by atoms with Crippen molar-refractivity contribution < 1.29 is 9.13 Å². The number of alkyl halides is 1. The molecule has 2 nitrogen and oxygen atoms in total. The van der Waals surface area contributed by atoms with Crippen LogP contribution in [0.5, 0.6) is 0 Å². The van der Waals surface area contributed by atoms with Crippen LogP contribution >= 0.6 is 0 Å². The molecule has 0 rings (SSSR count). The third-order valence-corrected chi connectivity index (χ3v) is 1.37. The van der Waals surface area contributed by atoms with E-state index in [0.29, 0.717) is 12.5 Å². The molecule has 0 heterocycles. The van der Waals surface area contributed by atoms with Gasteiger partial charge in [0.2, 0.25) is 0 Å². The molecule has 0 spiro atoms. The van der Waals surface area contributed by atoms with Crippen LogP contribution in [0.4, 0.5) is 4.39 Å². The maximum Gasteiger partial charge on any atom is 0.107 e. The van der Waals surface area contributed by atoms with Crippen molar-refractivity contribution in [3.05, 3.63) is 0 Å². The maximum atomic E-state index is 12.2. The minimum Gasteiger partial charge on any atom is -0.383 e. The standard InChI is InChI=1S/C8H18FNO/c1-7(2)5-10-8(4-9)6-11-3/h7-8,10H,4-6H2,1-3H3. The molecule has 3 heteroatoms. The molecular formula is C8H18FNO. The van der Waals surface area contributed by atoms with E-state index in [1.54, 1.807) is 7.11 Å². The van der Waals surface area contributed by atoms with Crippen molar-refractivity contribution in [1.29, 1.82) is 0 Å². The summed E-state index contributed by atoms with van der Waals surface area (Å²) >= 11 is 0. The average Bonchev–Trinajstić information content (AvgIpc) is 1.97. The van der Waals surface area contributed by atoms with E-state index in [-0.39, 0.29) is 12.7 Å². The Hall–Kier alpha value is -0.150. The Morgan fingerprint density at radius 1 is 1.45 bits per heavy atom. The average molecular weight is 163 g/mol. The summed E-state index contributed by atoms with van der Waals surface area (Å²) in [5.41, 5.74) is 0. The third-order valence-electron chi connectivity index (χ3n) is 1.37. The van der Waals surface area contributed by atoms with Gasteiger partial charge >= 0.3 is 0 Å². The summed E-state index contributed by atoms with van der Waals surface area (Å²) in [5, 5.41) is 3.07. The maximum absolute atomic E-state index is 12.2. The van der Waals surface area contributed by atoms with Gasteiger partial charge in [0.05, 0.1) is 12.6 Å². The number of rotatable bonds is 6. The summed E-state index contributed by atoms with van der Waals surface area (Å²) < 4.78 is 17.0. The van der Waals surface area contributed by atoms with Crippen LogP contribution in [0.15, 0.2) is 0 Å². The Balaban J connectivity index is 3.35. The number of hydrogen-bond donors (Lipinski definition) is 1. The van der Waals surface area contributed by atoms with Crippen molar-refractivity contribution in [3.63, 3.8) is 0 Å². The summed E-state index contributed by atoms with van der Waals surface area (Å²) in [7, 11) is 1.58. The van der Waals surface area contributed by atoms with Crippen molar-refractivity contribution in [2.24, 2.45) is 5.92 Å². The van der Waals surface area contributed by atoms with Gasteiger partial charge in [-0.15, -0.1) is 0 Å². The fraction of sp³-hybridized carbons (Fsp3) is 1.00. The Labute approximate surface area is 68.1 Å². The van der Waals surface area contributed by atoms with Gasteiger partial charge in [0.1, 0.15) is 6.67 Å². The normalized spacial score (nSPS) is 13.9. The van der Waals surface area contributed by atoms with Gasteiger partial charge in [-0.2, -0.15) is 0 Å². The fourth-order valence-electron chi connectivity index (χ4n) is 0.762. The molecule has 0 bridgehead atoms. The molecule has 1 atom stereocenters. The second-order valence-electron chi connectivity index (χ2n) is 3.11. The van der Waals surface area contributed by atoms with E-state index in [1.165, 1.54) is 0 Å². The van der Waals surface area contributed by atoms with Crippen molar-refractivity contribution in [2.45, 2.75) is 19.9 Å². The van der Waals surface area contributed by atoms with E-state index in [4.69, 9.17) is 4.74 Å². The lowest BCUT2D eigenvalue weighted by Crippen LogP contribution is -2.37. The fourth-order valence-corrected chi connectivity index (χ4v) is 0.762. The summed E-state index contributed by atoms with van der Waals surface area (Å²) in [6.45, 7) is 5.12. The lowest BCUT2D eigenvalue weighted by molar-refractivity contribution is 0.151. The van der Waals surface area contributed by atoms with E-state index in [9.17, 15) is 4.39 Å². The molecule has 0 aliphatic carbocycles. The second-order valence-corrected chi connectivity index (χ2v) is 3.11. The van der Waals surface area contributed by atoms with Crippen LogP contribution in [0.25, 0.3) is 0 Å². The van der Waals surface area contributed by atoms with Crippen LogP contribution in [-0.2, 0) is 4.74 Å². The largest absolute Gasteiger partial charge is 0.383 e. The predicted octanol–water partition coefficient (Wildman–Crippen LogP) is 1.22. The van der Waals surface area contributed by atoms with Crippen molar-refractivity contribution in [2.75, 3.05) is 26.9 Å². The van der Waals surface area contributed by atoms with Crippen LogP contribution < -0.4 is 5.32 Å². The molecule has 0 aromatic carbocycles. The first-order chi connectivity index (χ1) is 5.20. The highest BCUT2D eigenvalue weighted by atomic mass is 19.1. The van der Waals surface area contributed by atoms with Gasteiger partial charge in [0.15, 0.2) is 0 Å². The molecule has 1 unspecified atom stereocenters. The number of nitrogens with one attached hydrogen (secondary N) is 1. The lowest BCUT2D eigenvalue weighted by atomic mass is 10.2. The monoisotopic (exact) mass is 163 g/mol. The first kappa shape index (κ1) is 10.8. The quantitative estimate of drug-likeness (QED) is 0.635. The molecule has 0 amide bonds. The molecular weight excluding hydrogens is 145 g/mol. The Bertz CT molecular complexity index is 88.2. The van der Waals surface area contributed by atoms with E-state index in [0.717, 1.165) is 6.54 Å². The molecule has 68 valence electrons. The minimum absolute atomic E-state index is 0.137. The lowest BCUT2D eigenvalue weighted by Gasteiger charge is -2.15. The van der Waals surface area contributed by atoms with E-state index >= 15 is 0 Å². The third kappa shape index (κ3) is 6.26. The zero-order valence-electron chi connectivity index (χ0n) is 7.56. The van der Waals surface area contributed by atoms with Crippen LogP contribution in [0.2, 0.25) is 0 Å². The zero-order valence-corrected chi connectivity index (χ0v) is 7.56. The van der Waals surface area contributed by atoms with E-state index in [2.05, 4.69) is 19.2 Å². The first-order valence-corrected chi connectivity index (χ1v) is 3.99. The predicted molar refractivity (Wildman–Crippen MR) is 44.5 cm³/mol. The molecule has 0 aromatic rings. The molecule has 0 fully saturated rings. The van der Waals surface area contributed by atoms with Gasteiger partial charge in [0, 0.05) is 7.11 Å². The molecule has 0 aliphatic heterocycles. The summed E-state index contributed by atoms with van der Waals surface area (Å²) in [6.07, 6.45) is 0. The van der Waals surface area contributed by atoms with Crippen molar-refractivity contribution in [3.8, 4) is 0 Å². The van der Waals surface area contributed by atoms with Crippen LogP contribution in [0.3, 0.4) is 0 Å². The summed E-state index contributed by atoms with van der Waals surface area (Å²) in [4.78, 5) is 0. The van der Waals surface area contributed by atoms with Crippen LogP contribution in [0, 0.1) is 5.92 Å². The highest BCUT2D eigenvalue weighted by Gasteiger charge is 2.06. The summed E-state index contributed by atoms with van der Waals surface area (Å²) in [5.74, 6) is 0.556. The van der Waals surface area contributed by atoms with E-state index in [1.807, 2.05) is 0 Å². The van der Waals surface area contributed by atoms with Gasteiger partial charge in [0.25, 0.3) is 0 Å². The number of ether oxygens (including phenoxy) is 1. The Kier molecular flexibility index (Phi) is 6.46. The summed E-state index contributed by atoms with van der Waals surface area (Å²) in [6, 6.07) is -0.137. The molecule has 0 saturated heterocycles. The number of halogens is 1. The van der Waals surface area contributed by atoms with Gasteiger partial charge < -0.3 is 10.1 Å². The minimum atomic E-state index is -0.361. The van der Waals surface area contributed by atoms with Crippen molar-refractivity contribution in [1.82, 2.24) is 5.32 Å². The molecule has 0 aliphatic rings. The molecule has 11 heavy (non-hydrogen) atoms. The SMILES string of the molecule is COCC(CF)NCC(C)C. The molecule has 0 aromatic heterocycles. The van der Waals surface area contributed by atoms with Crippen LogP contribution in [-0.4, -0.2) is 33.0 Å². The molecule has 0 saturated carbocycles. The zero-order chi connectivity index (χ0) is 8.69. The highest BCUT2D eigenvalue weighted by Crippen LogP contribution is 1.91. The van der Waals surface area contributed by atoms with Gasteiger partial charge in [-0.1, -0.05) is 13.8 Å². The number of hydrogen-bond acceptors (Lipinski definition) is 2.